The number of carbonyl (C=O) groups excluding carboxylic acids is 1. The van der Waals surface area contributed by atoms with Crippen LogP contribution in [-0.2, 0) is 9.53 Å². The normalized spacial score (nSPS) is 20.2. The number of piperazine rings is 1. The molecule has 0 aromatic carbocycles. The number of likely N-dealkylation sites (N-methyl/N-ethyl adjacent to an activating group) is 1. The van der Waals surface area contributed by atoms with Crippen LogP contribution in [0.1, 0.15) is 39.5 Å². The Kier molecular flexibility index (Phi) is 8.22. The summed E-state index contributed by atoms with van der Waals surface area (Å²) in [6, 6.07) is 0. The third-order valence-electron chi connectivity index (χ3n) is 4.59. The second-order valence-corrected chi connectivity index (χ2v) is 6.21. The first kappa shape index (κ1) is 18.4. The molecule has 1 unspecified atom stereocenters. The molecule has 0 bridgehead atoms. The Morgan fingerprint density at radius 1 is 1.14 bits per heavy atom. The Morgan fingerprint density at radius 2 is 1.71 bits per heavy atom. The van der Waals surface area contributed by atoms with E-state index in [-0.39, 0.29) is 5.97 Å². The van der Waals surface area contributed by atoms with Gasteiger partial charge in [-0.3, -0.25) is 4.79 Å². The van der Waals surface area contributed by atoms with Crippen molar-refractivity contribution in [2.75, 3.05) is 53.4 Å². The first-order chi connectivity index (χ1) is 10.1. The zero-order valence-corrected chi connectivity index (χ0v) is 14.3. The Balaban J connectivity index is 2.18. The monoisotopic (exact) mass is 299 g/mol. The van der Waals surface area contributed by atoms with Gasteiger partial charge in [-0.2, -0.15) is 0 Å². The van der Waals surface area contributed by atoms with Gasteiger partial charge in [-0.05, 0) is 52.7 Å². The van der Waals surface area contributed by atoms with Crippen LogP contribution in [0.4, 0.5) is 0 Å². The number of nitrogens with zero attached hydrogens (tertiary/aromatic N) is 2. The predicted octanol–water partition coefficient (Wildman–Crippen LogP) is 1.34. The lowest BCUT2D eigenvalue weighted by Gasteiger charge is -2.34. The minimum absolute atomic E-state index is 0.168. The first-order valence-electron chi connectivity index (χ1n) is 8.27. The molecule has 1 atom stereocenters. The molecule has 0 aliphatic carbocycles. The number of methoxy groups -OCH3 is 1. The van der Waals surface area contributed by atoms with Gasteiger partial charge in [-0.1, -0.05) is 6.92 Å². The average molecular weight is 299 g/mol. The number of nitrogens with one attached hydrogen (secondary N) is 1. The lowest BCUT2D eigenvalue weighted by molar-refractivity contribution is -0.148. The van der Waals surface area contributed by atoms with E-state index in [2.05, 4.69) is 22.0 Å². The van der Waals surface area contributed by atoms with Gasteiger partial charge < -0.3 is 19.9 Å². The topological polar surface area (TPSA) is 44.8 Å². The van der Waals surface area contributed by atoms with E-state index in [1.807, 2.05) is 14.0 Å². The molecule has 0 amide bonds. The molecule has 5 nitrogen and oxygen atoms in total. The van der Waals surface area contributed by atoms with Crippen molar-refractivity contribution >= 4 is 5.97 Å². The minimum Gasteiger partial charge on any atom is -0.468 e. The van der Waals surface area contributed by atoms with Crippen LogP contribution in [0.5, 0.6) is 0 Å². The Bertz CT molecular complexity index is 304. The molecule has 1 fully saturated rings. The molecule has 1 heterocycles. The van der Waals surface area contributed by atoms with Gasteiger partial charge in [0.1, 0.15) is 5.54 Å². The summed E-state index contributed by atoms with van der Waals surface area (Å²) < 4.78 is 4.87. The van der Waals surface area contributed by atoms with Crippen LogP contribution in [0, 0.1) is 0 Å². The third-order valence-corrected chi connectivity index (χ3v) is 4.59. The highest BCUT2D eigenvalue weighted by Crippen LogP contribution is 2.16. The maximum atomic E-state index is 11.8. The van der Waals surface area contributed by atoms with Crippen molar-refractivity contribution in [3.05, 3.63) is 0 Å². The fourth-order valence-electron chi connectivity index (χ4n) is 2.92. The van der Waals surface area contributed by atoms with Crippen LogP contribution in [0.2, 0.25) is 0 Å². The Morgan fingerprint density at radius 3 is 2.19 bits per heavy atom. The van der Waals surface area contributed by atoms with E-state index in [9.17, 15) is 4.79 Å². The first-order valence-corrected chi connectivity index (χ1v) is 8.27. The number of unbranched alkanes of at least 4 members (excludes halogenated alkanes) is 1. The summed E-state index contributed by atoms with van der Waals surface area (Å²) in [5, 5.41) is 3.09. The lowest BCUT2D eigenvalue weighted by atomic mass is 9.95. The van der Waals surface area contributed by atoms with Crippen LogP contribution in [0.25, 0.3) is 0 Å². The van der Waals surface area contributed by atoms with Gasteiger partial charge >= 0.3 is 5.97 Å². The van der Waals surface area contributed by atoms with Crippen molar-refractivity contribution in [2.45, 2.75) is 45.1 Å². The summed E-state index contributed by atoms with van der Waals surface area (Å²) >= 11 is 0. The zero-order valence-electron chi connectivity index (χ0n) is 14.3. The van der Waals surface area contributed by atoms with E-state index in [0.717, 1.165) is 25.8 Å². The number of hydrogen-bond donors (Lipinski definition) is 1. The molecule has 1 saturated heterocycles. The predicted molar refractivity (Wildman–Crippen MR) is 86.5 cm³/mol. The molecular formula is C16H33N3O2. The summed E-state index contributed by atoms with van der Waals surface area (Å²) in [4.78, 5) is 16.8. The zero-order chi connectivity index (χ0) is 15.7. The molecule has 0 aromatic heterocycles. The van der Waals surface area contributed by atoms with E-state index < -0.39 is 5.54 Å². The van der Waals surface area contributed by atoms with Crippen LogP contribution in [-0.4, -0.2) is 74.7 Å². The standard InChI is InChI=1S/C16H33N3O2/c1-5-9-18-11-13-19(14-12-18)10-7-6-8-16(2,17-3)15(20)21-4/h17H,5-14H2,1-4H3. The van der Waals surface area contributed by atoms with Crippen molar-refractivity contribution in [1.29, 1.82) is 0 Å². The van der Waals surface area contributed by atoms with Crippen LogP contribution in [0.3, 0.4) is 0 Å². The van der Waals surface area contributed by atoms with Crippen LogP contribution in [0.15, 0.2) is 0 Å². The van der Waals surface area contributed by atoms with Gasteiger partial charge in [0.05, 0.1) is 7.11 Å². The molecule has 5 heteroatoms. The summed E-state index contributed by atoms with van der Waals surface area (Å²) in [5.74, 6) is -0.168. The number of esters is 1. The van der Waals surface area contributed by atoms with Gasteiger partial charge in [0.2, 0.25) is 0 Å². The number of ether oxygens (including phenoxy) is 1. The van der Waals surface area contributed by atoms with E-state index in [0.29, 0.717) is 0 Å². The minimum atomic E-state index is -0.547. The quantitative estimate of drug-likeness (QED) is 0.514. The maximum Gasteiger partial charge on any atom is 0.325 e. The van der Waals surface area contributed by atoms with Crippen molar-refractivity contribution in [2.24, 2.45) is 0 Å². The van der Waals surface area contributed by atoms with Gasteiger partial charge in [0.25, 0.3) is 0 Å². The van der Waals surface area contributed by atoms with E-state index >= 15 is 0 Å². The molecule has 1 N–H and O–H groups in total. The molecule has 1 aliphatic rings. The Labute approximate surface area is 130 Å². The van der Waals surface area contributed by atoms with Gasteiger partial charge in [-0.15, -0.1) is 0 Å². The number of carbonyl (C=O) groups is 1. The fourth-order valence-corrected chi connectivity index (χ4v) is 2.92. The molecule has 0 aromatic rings. The van der Waals surface area contributed by atoms with Crippen molar-refractivity contribution < 1.29 is 9.53 Å². The molecule has 1 aliphatic heterocycles. The molecular weight excluding hydrogens is 266 g/mol. The maximum absolute atomic E-state index is 11.8. The molecule has 1 rings (SSSR count). The summed E-state index contributed by atoms with van der Waals surface area (Å²) in [5.41, 5.74) is -0.547. The molecule has 0 saturated carbocycles. The summed E-state index contributed by atoms with van der Waals surface area (Å²) in [7, 11) is 3.28. The lowest BCUT2D eigenvalue weighted by Crippen LogP contribution is -2.48. The highest BCUT2D eigenvalue weighted by atomic mass is 16.5. The molecule has 0 spiro atoms. The largest absolute Gasteiger partial charge is 0.468 e. The number of rotatable bonds is 9. The molecule has 124 valence electrons. The van der Waals surface area contributed by atoms with Crippen molar-refractivity contribution in [3.63, 3.8) is 0 Å². The molecule has 0 radical (unpaired) electrons. The fraction of sp³-hybridized carbons (Fsp3) is 0.938. The van der Waals surface area contributed by atoms with Crippen LogP contribution < -0.4 is 5.32 Å². The molecule has 21 heavy (non-hydrogen) atoms. The Hall–Kier alpha value is -0.650. The summed E-state index contributed by atoms with van der Waals surface area (Å²) in [6.07, 6.45) is 4.26. The van der Waals surface area contributed by atoms with Gasteiger partial charge in [0, 0.05) is 26.2 Å². The van der Waals surface area contributed by atoms with E-state index in [4.69, 9.17) is 4.74 Å². The van der Waals surface area contributed by atoms with Crippen molar-refractivity contribution in [1.82, 2.24) is 15.1 Å². The SMILES string of the molecule is CCCN1CCN(CCCCC(C)(NC)C(=O)OC)CC1. The number of hydrogen-bond acceptors (Lipinski definition) is 5. The van der Waals surface area contributed by atoms with Gasteiger partial charge in [0.15, 0.2) is 0 Å². The highest BCUT2D eigenvalue weighted by molar-refractivity contribution is 5.80. The summed E-state index contributed by atoms with van der Waals surface area (Å²) in [6.45, 7) is 11.3. The third kappa shape index (κ3) is 5.93. The highest BCUT2D eigenvalue weighted by Gasteiger charge is 2.31. The van der Waals surface area contributed by atoms with Crippen molar-refractivity contribution in [3.8, 4) is 0 Å². The average Bonchev–Trinajstić information content (AvgIpc) is 2.52. The second kappa shape index (κ2) is 9.38. The van der Waals surface area contributed by atoms with Gasteiger partial charge in [-0.25, -0.2) is 0 Å². The van der Waals surface area contributed by atoms with Crippen LogP contribution >= 0.6 is 0 Å². The second-order valence-electron chi connectivity index (χ2n) is 6.21. The van der Waals surface area contributed by atoms with E-state index in [1.54, 1.807) is 0 Å². The van der Waals surface area contributed by atoms with E-state index in [1.165, 1.54) is 46.3 Å². The smallest absolute Gasteiger partial charge is 0.325 e.